The fourth-order valence-corrected chi connectivity index (χ4v) is 1.55. The zero-order valence-corrected chi connectivity index (χ0v) is 12.5. The van der Waals surface area contributed by atoms with Crippen molar-refractivity contribution in [2.75, 3.05) is 24.2 Å². The first-order valence-corrected chi connectivity index (χ1v) is 6.56. The largest absolute Gasteiger partial charge is 0.384 e. The van der Waals surface area contributed by atoms with E-state index in [4.69, 9.17) is 5.73 Å². The van der Waals surface area contributed by atoms with Crippen molar-refractivity contribution in [3.05, 3.63) is 11.9 Å². The summed E-state index contributed by atoms with van der Waals surface area (Å²) in [7, 11) is 2.05. The molecule has 2 N–H and O–H groups in total. The Balaban J connectivity index is 2.92. The fourth-order valence-electron chi connectivity index (χ4n) is 1.55. The van der Waals surface area contributed by atoms with Crippen molar-refractivity contribution in [1.82, 2.24) is 9.97 Å². The molecule has 0 saturated carbocycles. The highest BCUT2D eigenvalue weighted by molar-refractivity contribution is 5.47. The van der Waals surface area contributed by atoms with Crippen LogP contribution in [0.25, 0.3) is 0 Å². The number of nitrogen functional groups attached to an aromatic ring is 1. The summed E-state index contributed by atoms with van der Waals surface area (Å²) in [4.78, 5) is 11.1. The summed E-state index contributed by atoms with van der Waals surface area (Å²) in [5.74, 6) is 2.94. The van der Waals surface area contributed by atoms with E-state index >= 15 is 0 Å². The molecular formula is C14H26N4. The van der Waals surface area contributed by atoms with Crippen LogP contribution in [0.5, 0.6) is 0 Å². The second kappa shape index (κ2) is 5.55. The van der Waals surface area contributed by atoms with E-state index in [1.165, 1.54) is 0 Å². The van der Waals surface area contributed by atoms with Gasteiger partial charge < -0.3 is 10.6 Å². The van der Waals surface area contributed by atoms with Crippen LogP contribution < -0.4 is 10.6 Å². The third-order valence-electron chi connectivity index (χ3n) is 2.84. The summed E-state index contributed by atoms with van der Waals surface area (Å²) < 4.78 is 0. The molecule has 1 aromatic rings. The molecule has 0 aliphatic carbocycles. The van der Waals surface area contributed by atoms with Crippen molar-refractivity contribution in [2.45, 2.75) is 46.5 Å². The molecule has 0 radical (unpaired) electrons. The highest BCUT2D eigenvalue weighted by Gasteiger charge is 2.19. The Hall–Kier alpha value is -1.32. The van der Waals surface area contributed by atoms with Gasteiger partial charge in [0, 0.05) is 25.1 Å². The Morgan fingerprint density at radius 2 is 1.89 bits per heavy atom. The summed E-state index contributed by atoms with van der Waals surface area (Å²) in [6.07, 6.45) is 1.14. The lowest BCUT2D eigenvalue weighted by Gasteiger charge is -2.23. The minimum atomic E-state index is -0.0803. The van der Waals surface area contributed by atoms with Crippen LogP contribution in [-0.4, -0.2) is 23.6 Å². The quantitative estimate of drug-likeness (QED) is 0.892. The van der Waals surface area contributed by atoms with Gasteiger partial charge in [-0.2, -0.15) is 0 Å². The zero-order valence-electron chi connectivity index (χ0n) is 12.5. The molecule has 0 atom stereocenters. The van der Waals surface area contributed by atoms with E-state index in [0.29, 0.717) is 11.7 Å². The van der Waals surface area contributed by atoms with Gasteiger partial charge in [0.05, 0.1) is 0 Å². The van der Waals surface area contributed by atoms with Crippen LogP contribution in [0.2, 0.25) is 0 Å². The Kier molecular flexibility index (Phi) is 4.54. The van der Waals surface area contributed by atoms with Gasteiger partial charge in [0.1, 0.15) is 17.5 Å². The number of hydrogen-bond donors (Lipinski definition) is 1. The monoisotopic (exact) mass is 250 g/mol. The Labute approximate surface area is 111 Å². The van der Waals surface area contributed by atoms with E-state index in [-0.39, 0.29) is 5.41 Å². The van der Waals surface area contributed by atoms with Crippen LogP contribution in [-0.2, 0) is 5.41 Å². The lowest BCUT2D eigenvalue weighted by molar-refractivity contribution is 0.543. The highest BCUT2D eigenvalue weighted by Crippen LogP contribution is 2.22. The first-order chi connectivity index (χ1) is 8.20. The van der Waals surface area contributed by atoms with E-state index in [0.717, 1.165) is 24.6 Å². The van der Waals surface area contributed by atoms with E-state index in [2.05, 4.69) is 56.5 Å². The third kappa shape index (κ3) is 4.17. The summed E-state index contributed by atoms with van der Waals surface area (Å²) in [5.41, 5.74) is 5.79. The van der Waals surface area contributed by atoms with E-state index in [1.54, 1.807) is 0 Å². The lowest BCUT2D eigenvalue weighted by atomic mass is 9.96. The standard InChI is InChI=1S/C14H26N4/c1-10(2)7-8-18(6)12-9-11(15)16-13(17-12)14(3,4)5/h9-10H,7-8H2,1-6H3,(H2,15,16,17). The van der Waals surface area contributed by atoms with Crippen LogP contribution >= 0.6 is 0 Å². The predicted octanol–water partition coefficient (Wildman–Crippen LogP) is 2.84. The van der Waals surface area contributed by atoms with Gasteiger partial charge in [-0.1, -0.05) is 34.6 Å². The maximum atomic E-state index is 5.87. The molecular weight excluding hydrogens is 224 g/mol. The van der Waals surface area contributed by atoms with Crippen LogP contribution in [0.4, 0.5) is 11.6 Å². The molecule has 0 unspecified atom stereocenters. The molecule has 1 heterocycles. The Morgan fingerprint density at radius 1 is 1.28 bits per heavy atom. The van der Waals surface area contributed by atoms with Crippen molar-refractivity contribution in [3.8, 4) is 0 Å². The van der Waals surface area contributed by atoms with Gasteiger partial charge in [0.25, 0.3) is 0 Å². The summed E-state index contributed by atoms with van der Waals surface area (Å²) >= 11 is 0. The van der Waals surface area contributed by atoms with E-state index < -0.39 is 0 Å². The van der Waals surface area contributed by atoms with Gasteiger partial charge in [-0.3, -0.25) is 0 Å². The van der Waals surface area contributed by atoms with Crippen LogP contribution in [0, 0.1) is 5.92 Å². The third-order valence-corrected chi connectivity index (χ3v) is 2.84. The molecule has 0 aliphatic heterocycles. The van der Waals surface area contributed by atoms with Gasteiger partial charge in [-0.25, -0.2) is 9.97 Å². The molecule has 4 heteroatoms. The lowest BCUT2D eigenvalue weighted by Crippen LogP contribution is -2.24. The molecule has 1 aromatic heterocycles. The first kappa shape index (κ1) is 14.7. The smallest absolute Gasteiger partial charge is 0.138 e. The van der Waals surface area contributed by atoms with Crippen LogP contribution in [0.1, 0.15) is 46.9 Å². The number of nitrogens with zero attached hydrogens (tertiary/aromatic N) is 3. The summed E-state index contributed by atoms with van der Waals surface area (Å²) in [5, 5.41) is 0. The maximum absolute atomic E-state index is 5.87. The van der Waals surface area contributed by atoms with Gasteiger partial charge in [-0.15, -0.1) is 0 Å². The van der Waals surface area contributed by atoms with Gasteiger partial charge in [0.15, 0.2) is 0 Å². The second-order valence-electron chi connectivity index (χ2n) is 6.33. The first-order valence-electron chi connectivity index (χ1n) is 6.56. The average Bonchev–Trinajstić information content (AvgIpc) is 2.23. The molecule has 0 aromatic carbocycles. The average molecular weight is 250 g/mol. The van der Waals surface area contributed by atoms with Gasteiger partial charge in [-0.05, 0) is 12.3 Å². The van der Waals surface area contributed by atoms with Gasteiger partial charge in [0.2, 0.25) is 0 Å². The fraction of sp³-hybridized carbons (Fsp3) is 0.714. The predicted molar refractivity (Wildman–Crippen MR) is 77.9 cm³/mol. The highest BCUT2D eigenvalue weighted by atomic mass is 15.2. The Morgan fingerprint density at radius 3 is 2.39 bits per heavy atom. The number of nitrogens with two attached hydrogens (primary N) is 1. The molecule has 4 nitrogen and oxygen atoms in total. The van der Waals surface area contributed by atoms with Crippen LogP contribution in [0.15, 0.2) is 6.07 Å². The van der Waals surface area contributed by atoms with Gasteiger partial charge >= 0.3 is 0 Å². The molecule has 0 fully saturated rings. The molecule has 102 valence electrons. The topological polar surface area (TPSA) is 55.0 Å². The van der Waals surface area contributed by atoms with E-state index in [1.807, 2.05) is 6.07 Å². The maximum Gasteiger partial charge on any atom is 0.138 e. The molecule has 18 heavy (non-hydrogen) atoms. The van der Waals surface area contributed by atoms with E-state index in [9.17, 15) is 0 Å². The molecule has 0 saturated heterocycles. The molecule has 0 bridgehead atoms. The minimum Gasteiger partial charge on any atom is -0.384 e. The number of anilines is 2. The number of rotatable bonds is 4. The molecule has 1 rings (SSSR count). The van der Waals surface area contributed by atoms with Crippen molar-refractivity contribution in [1.29, 1.82) is 0 Å². The van der Waals surface area contributed by atoms with Crippen molar-refractivity contribution < 1.29 is 0 Å². The normalized spacial score (nSPS) is 11.9. The van der Waals surface area contributed by atoms with Crippen molar-refractivity contribution in [3.63, 3.8) is 0 Å². The van der Waals surface area contributed by atoms with Crippen LogP contribution in [0.3, 0.4) is 0 Å². The number of aromatic nitrogens is 2. The molecule has 0 aliphatic rings. The summed E-state index contributed by atoms with van der Waals surface area (Å²) in [6.45, 7) is 11.7. The number of hydrogen-bond acceptors (Lipinski definition) is 4. The van der Waals surface area contributed by atoms with Crippen molar-refractivity contribution >= 4 is 11.6 Å². The summed E-state index contributed by atoms with van der Waals surface area (Å²) in [6, 6.07) is 1.84. The SMILES string of the molecule is CC(C)CCN(C)c1cc(N)nc(C(C)(C)C)n1. The minimum absolute atomic E-state index is 0.0803. The molecule has 0 amide bonds. The molecule has 0 spiro atoms. The Bertz CT molecular complexity index is 393. The van der Waals surface area contributed by atoms with Crippen molar-refractivity contribution in [2.24, 2.45) is 5.92 Å². The second-order valence-corrected chi connectivity index (χ2v) is 6.33. The zero-order chi connectivity index (χ0) is 13.9.